The fourth-order valence-corrected chi connectivity index (χ4v) is 4.22. The van der Waals surface area contributed by atoms with Crippen molar-refractivity contribution in [1.29, 1.82) is 0 Å². The van der Waals surface area contributed by atoms with E-state index in [2.05, 4.69) is 114 Å². The van der Waals surface area contributed by atoms with Crippen molar-refractivity contribution in [3.63, 3.8) is 0 Å². The van der Waals surface area contributed by atoms with Crippen LogP contribution in [-0.4, -0.2) is 0 Å². The minimum atomic E-state index is -0.299. The summed E-state index contributed by atoms with van der Waals surface area (Å²) in [6.07, 6.45) is 0. The normalized spacial score (nSPS) is 19.6. The average molecular weight is 464 g/mol. The molecular formula is C19H15IrN2. The summed E-state index contributed by atoms with van der Waals surface area (Å²) in [6, 6.07) is 29.6. The number of nitrogens with one attached hydrogen (secondary N) is 1. The Morgan fingerprint density at radius 2 is 1.32 bits per heavy atom. The zero-order valence-electron chi connectivity index (χ0n) is 11.9. The summed E-state index contributed by atoms with van der Waals surface area (Å²) in [5.74, 6) is 0. The number of nitrogens with zero attached hydrogens (tertiary/aromatic N) is 1. The first kappa shape index (κ1) is 13.6. The Morgan fingerprint density at radius 3 is 2.05 bits per heavy atom. The van der Waals surface area contributed by atoms with E-state index in [4.69, 9.17) is 0 Å². The second-order valence-electron chi connectivity index (χ2n) is 5.27. The van der Waals surface area contributed by atoms with Crippen molar-refractivity contribution in [3.8, 4) is 0 Å². The van der Waals surface area contributed by atoms with Gasteiger partial charge in [-0.3, -0.25) is 0 Å². The van der Waals surface area contributed by atoms with E-state index in [1.165, 1.54) is 16.9 Å². The third-order valence-electron chi connectivity index (χ3n) is 3.90. The summed E-state index contributed by atoms with van der Waals surface area (Å²) >= 11 is 2.23. The second-order valence-corrected chi connectivity index (χ2v) is 7.00. The Bertz CT molecular complexity index is 789. The number of rotatable bonds is 2. The van der Waals surface area contributed by atoms with Crippen molar-refractivity contribution < 1.29 is 18.9 Å². The number of fused-ring (bicyclic) bond motifs is 1. The Kier molecular flexibility index (Phi) is 3.25. The van der Waals surface area contributed by atoms with Crippen molar-refractivity contribution >= 4 is 17.1 Å². The van der Waals surface area contributed by atoms with E-state index < -0.39 is 0 Å². The van der Waals surface area contributed by atoms with E-state index in [0.29, 0.717) is 0 Å². The molecule has 0 bridgehead atoms. The van der Waals surface area contributed by atoms with Gasteiger partial charge in [0.1, 0.15) is 0 Å². The minimum absolute atomic E-state index is 0.299. The SMILES string of the molecule is [Ir][C]1(c2ccccc2)Nc2ccccc2N1c1ccccc1. The molecule has 0 fully saturated rings. The third kappa shape index (κ3) is 2.06. The van der Waals surface area contributed by atoms with Crippen LogP contribution in [0.3, 0.4) is 0 Å². The molecule has 22 heavy (non-hydrogen) atoms. The van der Waals surface area contributed by atoms with Crippen molar-refractivity contribution in [1.82, 2.24) is 0 Å². The van der Waals surface area contributed by atoms with Gasteiger partial charge >= 0.3 is 141 Å². The van der Waals surface area contributed by atoms with Gasteiger partial charge in [0.05, 0.1) is 0 Å². The predicted molar refractivity (Wildman–Crippen MR) is 86.8 cm³/mol. The van der Waals surface area contributed by atoms with Crippen LogP contribution < -0.4 is 10.2 Å². The molecule has 3 heteroatoms. The van der Waals surface area contributed by atoms with Crippen LogP contribution >= 0.6 is 0 Å². The van der Waals surface area contributed by atoms with Crippen LogP contribution in [0.25, 0.3) is 0 Å². The van der Waals surface area contributed by atoms with E-state index in [9.17, 15) is 0 Å². The van der Waals surface area contributed by atoms with Gasteiger partial charge in [0.15, 0.2) is 0 Å². The standard InChI is InChI=1S/C19H15N2.Ir/c1-3-9-15(10-4-1)19-20-17-13-7-8-14-18(17)21(19)16-11-5-2-6-12-16;/h1-14,20H;. The first-order valence-corrected chi connectivity index (χ1v) is 8.43. The fraction of sp³-hybridized carbons (Fsp3) is 0.0526. The molecule has 0 saturated heterocycles. The first-order valence-electron chi connectivity index (χ1n) is 7.24. The van der Waals surface area contributed by atoms with Crippen molar-refractivity contribution in [2.45, 2.75) is 4.18 Å². The van der Waals surface area contributed by atoms with Gasteiger partial charge in [0.25, 0.3) is 0 Å². The molecule has 1 unspecified atom stereocenters. The van der Waals surface area contributed by atoms with E-state index >= 15 is 0 Å². The maximum absolute atomic E-state index is 3.70. The number of hydrogen-bond donors (Lipinski definition) is 1. The molecule has 0 aromatic heterocycles. The first-order chi connectivity index (χ1) is 10.8. The molecule has 0 saturated carbocycles. The molecule has 1 aliphatic heterocycles. The summed E-state index contributed by atoms with van der Waals surface area (Å²) in [5, 5.41) is 3.70. The molecule has 1 N–H and O–H groups in total. The molecule has 0 amide bonds. The average Bonchev–Trinajstić information content (AvgIpc) is 2.90. The molecule has 110 valence electrons. The molecule has 0 aliphatic carbocycles. The third-order valence-corrected chi connectivity index (χ3v) is 5.42. The van der Waals surface area contributed by atoms with Crippen LogP contribution in [0.15, 0.2) is 84.9 Å². The van der Waals surface area contributed by atoms with Gasteiger partial charge in [-0.2, -0.15) is 0 Å². The molecule has 4 rings (SSSR count). The summed E-state index contributed by atoms with van der Waals surface area (Å²) in [7, 11) is 0. The Balaban J connectivity index is 1.93. The summed E-state index contributed by atoms with van der Waals surface area (Å²) in [6.45, 7) is 0. The molecule has 1 aliphatic rings. The molecule has 1 atom stereocenters. The van der Waals surface area contributed by atoms with Gasteiger partial charge in [0, 0.05) is 0 Å². The molecule has 3 aromatic carbocycles. The van der Waals surface area contributed by atoms with E-state index in [1.54, 1.807) is 0 Å². The molecule has 2 nitrogen and oxygen atoms in total. The number of para-hydroxylation sites is 3. The van der Waals surface area contributed by atoms with Crippen LogP contribution in [0.2, 0.25) is 0 Å². The molecule has 3 aromatic rings. The molecule has 0 radical (unpaired) electrons. The van der Waals surface area contributed by atoms with Gasteiger partial charge in [0.2, 0.25) is 0 Å². The van der Waals surface area contributed by atoms with Crippen LogP contribution in [0, 0.1) is 0 Å². The quantitative estimate of drug-likeness (QED) is 0.597. The van der Waals surface area contributed by atoms with Crippen molar-refractivity contribution in [2.75, 3.05) is 10.2 Å². The molecule has 0 spiro atoms. The van der Waals surface area contributed by atoms with E-state index in [0.717, 1.165) is 5.69 Å². The summed E-state index contributed by atoms with van der Waals surface area (Å²) in [4.78, 5) is 2.37. The zero-order chi connectivity index (χ0) is 15.0. The zero-order valence-corrected chi connectivity index (χ0v) is 14.3. The predicted octanol–water partition coefficient (Wildman–Crippen LogP) is 4.61. The summed E-state index contributed by atoms with van der Waals surface area (Å²) in [5.41, 5.74) is 4.80. The number of hydrogen-bond acceptors (Lipinski definition) is 2. The molecular weight excluding hydrogens is 448 g/mol. The number of benzene rings is 3. The van der Waals surface area contributed by atoms with Crippen LogP contribution in [0.5, 0.6) is 0 Å². The number of anilines is 3. The Labute approximate surface area is 140 Å². The monoisotopic (exact) mass is 464 g/mol. The molecule has 1 heterocycles. The fourth-order valence-electron chi connectivity index (χ4n) is 2.90. The van der Waals surface area contributed by atoms with Crippen LogP contribution in [0.4, 0.5) is 17.1 Å². The van der Waals surface area contributed by atoms with Gasteiger partial charge in [-0.05, 0) is 0 Å². The van der Waals surface area contributed by atoms with Gasteiger partial charge in [-0.25, -0.2) is 0 Å². The van der Waals surface area contributed by atoms with Gasteiger partial charge in [-0.1, -0.05) is 0 Å². The van der Waals surface area contributed by atoms with Crippen molar-refractivity contribution in [3.05, 3.63) is 90.5 Å². The topological polar surface area (TPSA) is 15.3 Å². The summed E-state index contributed by atoms with van der Waals surface area (Å²) < 4.78 is -0.299. The Hall–Kier alpha value is -2.09. The van der Waals surface area contributed by atoms with E-state index in [-0.39, 0.29) is 4.18 Å². The van der Waals surface area contributed by atoms with Crippen LogP contribution in [0.1, 0.15) is 5.56 Å². The maximum atomic E-state index is 3.70. The second kappa shape index (κ2) is 5.27. The Morgan fingerprint density at radius 1 is 0.727 bits per heavy atom. The van der Waals surface area contributed by atoms with Gasteiger partial charge in [-0.15, -0.1) is 0 Å². The van der Waals surface area contributed by atoms with Crippen LogP contribution in [-0.2, 0) is 23.1 Å². The van der Waals surface area contributed by atoms with E-state index in [1.807, 2.05) is 0 Å². The van der Waals surface area contributed by atoms with Gasteiger partial charge < -0.3 is 0 Å². The van der Waals surface area contributed by atoms with Crippen molar-refractivity contribution in [2.24, 2.45) is 0 Å².